The van der Waals surface area contributed by atoms with Gasteiger partial charge in [0.1, 0.15) is 0 Å². The molecule has 0 saturated heterocycles. The molecule has 0 unspecified atom stereocenters. The van der Waals surface area contributed by atoms with E-state index in [1.807, 2.05) is 6.92 Å². The molecular formula is C13H30N4O. The van der Waals surface area contributed by atoms with E-state index < -0.39 is 0 Å². The molecule has 3 N–H and O–H groups in total. The van der Waals surface area contributed by atoms with E-state index in [0.29, 0.717) is 5.96 Å². The van der Waals surface area contributed by atoms with E-state index in [9.17, 15) is 0 Å². The van der Waals surface area contributed by atoms with E-state index in [4.69, 9.17) is 10.5 Å². The van der Waals surface area contributed by atoms with Crippen LogP contribution in [0.15, 0.2) is 4.99 Å². The summed E-state index contributed by atoms with van der Waals surface area (Å²) in [5.74, 6) is 0.541. The molecule has 0 aliphatic carbocycles. The van der Waals surface area contributed by atoms with Crippen LogP contribution in [0.1, 0.15) is 33.6 Å². The van der Waals surface area contributed by atoms with E-state index in [2.05, 4.69) is 29.1 Å². The highest BCUT2D eigenvalue weighted by Crippen LogP contribution is 1.89. The summed E-state index contributed by atoms with van der Waals surface area (Å²) in [4.78, 5) is 6.65. The number of ether oxygens (including phenoxy) is 1. The molecule has 0 atom stereocenters. The normalized spacial score (nSPS) is 12.1. The minimum absolute atomic E-state index is 0.541. The lowest BCUT2D eigenvalue weighted by Crippen LogP contribution is -2.38. The Morgan fingerprint density at radius 2 is 2.06 bits per heavy atom. The summed E-state index contributed by atoms with van der Waals surface area (Å²) in [6, 6.07) is 0. The van der Waals surface area contributed by atoms with Gasteiger partial charge < -0.3 is 20.7 Å². The second kappa shape index (κ2) is 12.6. The van der Waals surface area contributed by atoms with Crippen LogP contribution in [0.2, 0.25) is 0 Å². The first-order valence-corrected chi connectivity index (χ1v) is 7.08. The number of rotatable bonds is 11. The fourth-order valence-electron chi connectivity index (χ4n) is 1.65. The molecule has 108 valence electrons. The number of nitrogens with zero attached hydrogens (tertiary/aromatic N) is 2. The molecule has 0 aromatic rings. The van der Waals surface area contributed by atoms with E-state index in [1.54, 1.807) is 0 Å². The number of aliphatic imine (C=N–C) groups is 1. The Morgan fingerprint density at radius 1 is 1.28 bits per heavy atom. The highest BCUT2D eigenvalue weighted by molar-refractivity contribution is 5.77. The standard InChI is InChI=1S/C13H30N4O/c1-4-10-17(5-2)11-9-16-13(14)15-8-7-12-18-6-3/h4-12H2,1-3H3,(H3,14,15,16). The van der Waals surface area contributed by atoms with Crippen LogP contribution in [0.3, 0.4) is 0 Å². The first-order chi connectivity index (χ1) is 8.74. The molecule has 0 aliphatic heterocycles. The van der Waals surface area contributed by atoms with Gasteiger partial charge in [-0.15, -0.1) is 0 Å². The molecule has 18 heavy (non-hydrogen) atoms. The Morgan fingerprint density at radius 3 is 2.67 bits per heavy atom. The van der Waals surface area contributed by atoms with Gasteiger partial charge in [-0.05, 0) is 32.9 Å². The SMILES string of the molecule is CCCN(CC)CCNC(N)=NCCCOCC. The Hall–Kier alpha value is -0.810. The van der Waals surface area contributed by atoms with Crippen LogP contribution in [0.4, 0.5) is 0 Å². The summed E-state index contributed by atoms with van der Waals surface area (Å²) in [7, 11) is 0. The van der Waals surface area contributed by atoms with Crippen LogP contribution >= 0.6 is 0 Å². The lowest BCUT2D eigenvalue weighted by atomic mass is 10.4. The van der Waals surface area contributed by atoms with Crippen molar-refractivity contribution in [2.45, 2.75) is 33.6 Å². The molecule has 0 radical (unpaired) electrons. The molecule has 0 rings (SSSR count). The van der Waals surface area contributed by atoms with Gasteiger partial charge in [0.05, 0.1) is 0 Å². The van der Waals surface area contributed by atoms with E-state index in [-0.39, 0.29) is 0 Å². The average molecular weight is 258 g/mol. The fourth-order valence-corrected chi connectivity index (χ4v) is 1.65. The van der Waals surface area contributed by atoms with Crippen LogP contribution in [0, 0.1) is 0 Å². The first kappa shape index (κ1) is 17.2. The maximum absolute atomic E-state index is 5.77. The molecule has 0 spiro atoms. The van der Waals surface area contributed by atoms with Gasteiger partial charge in [0, 0.05) is 32.8 Å². The van der Waals surface area contributed by atoms with Gasteiger partial charge in [-0.2, -0.15) is 0 Å². The van der Waals surface area contributed by atoms with Gasteiger partial charge in [-0.1, -0.05) is 13.8 Å². The van der Waals surface area contributed by atoms with Crippen molar-refractivity contribution in [2.75, 3.05) is 45.9 Å². The average Bonchev–Trinajstić information content (AvgIpc) is 2.37. The Labute approximate surface area is 112 Å². The molecular weight excluding hydrogens is 228 g/mol. The third-order valence-corrected chi connectivity index (χ3v) is 2.65. The van der Waals surface area contributed by atoms with Crippen molar-refractivity contribution in [1.29, 1.82) is 0 Å². The molecule has 0 fully saturated rings. The zero-order valence-corrected chi connectivity index (χ0v) is 12.2. The summed E-state index contributed by atoms with van der Waals surface area (Å²) >= 11 is 0. The van der Waals surface area contributed by atoms with Crippen molar-refractivity contribution in [3.05, 3.63) is 0 Å². The molecule has 0 saturated carbocycles. The number of hydrogen-bond acceptors (Lipinski definition) is 3. The van der Waals surface area contributed by atoms with E-state index in [1.165, 1.54) is 6.42 Å². The second-order valence-corrected chi connectivity index (χ2v) is 4.18. The summed E-state index contributed by atoms with van der Waals surface area (Å²) in [6.07, 6.45) is 2.11. The summed E-state index contributed by atoms with van der Waals surface area (Å²) in [6.45, 7) is 12.7. The number of nitrogens with one attached hydrogen (secondary N) is 1. The van der Waals surface area contributed by atoms with Gasteiger partial charge in [0.2, 0.25) is 0 Å². The van der Waals surface area contributed by atoms with Crippen LogP contribution in [-0.2, 0) is 4.74 Å². The Bertz CT molecular complexity index is 209. The van der Waals surface area contributed by atoms with Gasteiger partial charge in [0.25, 0.3) is 0 Å². The van der Waals surface area contributed by atoms with E-state index >= 15 is 0 Å². The minimum Gasteiger partial charge on any atom is -0.382 e. The number of guanidine groups is 1. The third-order valence-electron chi connectivity index (χ3n) is 2.65. The van der Waals surface area contributed by atoms with Gasteiger partial charge in [-0.3, -0.25) is 4.99 Å². The molecule has 5 nitrogen and oxygen atoms in total. The van der Waals surface area contributed by atoms with E-state index in [0.717, 1.165) is 52.4 Å². The summed E-state index contributed by atoms with van der Waals surface area (Å²) in [5, 5.41) is 3.14. The largest absolute Gasteiger partial charge is 0.382 e. The van der Waals surface area contributed by atoms with Crippen LogP contribution in [0.5, 0.6) is 0 Å². The predicted molar refractivity (Wildman–Crippen MR) is 78.0 cm³/mol. The minimum atomic E-state index is 0.541. The topological polar surface area (TPSA) is 62.9 Å². The van der Waals surface area contributed by atoms with Crippen molar-refractivity contribution in [3.63, 3.8) is 0 Å². The highest BCUT2D eigenvalue weighted by Gasteiger charge is 1.99. The van der Waals surface area contributed by atoms with Crippen molar-refractivity contribution in [1.82, 2.24) is 10.2 Å². The maximum Gasteiger partial charge on any atom is 0.188 e. The van der Waals surface area contributed by atoms with Crippen molar-refractivity contribution >= 4 is 5.96 Å². The molecule has 0 aromatic heterocycles. The third kappa shape index (κ3) is 10.4. The van der Waals surface area contributed by atoms with Gasteiger partial charge in [-0.25, -0.2) is 0 Å². The van der Waals surface area contributed by atoms with Crippen LogP contribution in [0.25, 0.3) is 0 Å². The fraction of sp³-hybridized carbons (Fsp3) is 0.923. The molecule has 0 aliphatic rings. The maximum atomic E-state index is 5.77. The molecule has 0 bridgehead atoms. The van der Waals surface area contributed by atoms with Gasteiger partial charge >= 0.3 is 0 Å². The quantitative estimate of drug-likeness (QED) is 0.330. The summed E-state index contributed by atoms with van der Waals surface area (Å²) in [5.41, 5.74) is 5.77. The predicted octanol–water partition coefficient (Wildman–Crippen LogP) is 1.05. The molecule has 0 amide bonds. The summed E-state index contributed by atoms with van der Waals surface area (Å²) < 4.78 is 5.23. The van der Waals surface area contributed by atoms with Crippen molar-refractivity contribution in [3.8, 4) is 0 Å². The van der Waals surface area contributed by atoms with Crippen molar-refractivity contribution < 1.29 is 4.74 Å². The zero-order valence-electron chi connectivity index (χ0n) is 12.2. The van der Waals surface area contributed by atoms with Gasteiger partial charge in [0.15, 0.2) is 5.96 Å². The molecule has 5 heteroatoms. The zero-order chi connectivity index (χ0) is 13.6. The smallest absolute Gasteiger partial charge is 0.188 e. The monoisotopic (exact) mass is 258 g/mol. The Balaban J connectivity index is 3.55. The van der Waals surface area contributed by atoms with Crippen LogP contribution < -0.4 is 11.1 Å². The highest BCUT2D eigenvalue weighted by atomic mass is 16.5. The van der Waals surface area contributed by atoms with Crippen LogP contribution in [-0.4, -0.2) is 56.8 Å². The number of nitrogens with two attached hydrogens (primary N) is 1. The second-order valence-electron chi connectivity index (χ2n) is 4.18. The number of hydrogen-bond donors (Lipinski definition) is 2. The molecule has 0 aromatic carbocycles. The first-order valence-electron chi connectivity index (χ1n) is 7.08. The lowest BCUT2D eigenvalue weighted by Gasteiger charge is -2.19. The van der Waals surface area contributed by atoms with Crippen molar-refractivity contribution in [2.24, 2.45) is 10.7 Å². The lowest BCUT2D eigenvalue weighted by molar-refractivity contribution is 0.146. The number of likely N-dealkylation sites (N-methyl/N-ethyl adjacent to an activating group) is 1. The molecule has 0 heterocycles. The Kier molecular flexibility index (Phi) is 12.1.